The van der Waals surface area contributed by atoms with Crippen LogP contribution >= 0.6 is 0 Å². The molecule has 2 aliphatic rings. The molecule has 0 fully saturated rings. The summed E-state index contributed by atoms with van der Waals surface area (Å²) in [7, 11) is 0. The topological polar surface area (TPSA) is 24.9 Å². The zero-order valence-corrected chi connectivity index (χ0v) is 39.4. The van der Waals surface area contributed by atoms with E-state index < -0.39 is 10.8 Å². The van der Waals surface area contributed by atoms with Crippen molar-refractivity contribution in [3.8, 4) is 22.6 Å². The van der Waals surface area contributed by atoms with Crippen LogP contribution in [0.4, 0.5) is 34.1 Å². The Balaban J connectivity index is 1.00. The van der Waals surface area contributed by atoms with E-state index in [1.54, 1.807) is 0 Å². The Kier molecular flexibility index (Phi) is 10.9. The van der Waals surface area contributed by atoms with Gasteiger partial charge in [-0.05, 0) is 118 Å². The molecule has 0 unspecified atom stereocenters. The molecule has 10 aromatic carbocycles. The Bertz CT molecular complexity index is 3070. The van der Waals surface area contributed by atoms with E-state index >= 15 is 0 Å². The number of fused-ring (bicyclic) bond motifs is 4. The summed E-state index contributed by atoms with van der Waals surface area (Å²) in [6.07, 6.45) is 0. The molecule has 10 aromatic rings. The van der Waals surface area contributed by atoms with E-state index in [4.69, 9.17) is 9.47 Å². The SMILES string of the molecule is CCOc1cc(-c2ccc(N3c4ccccc4C(c4ccccc4)(c4ccccc4)c4ccccc43)c(OCC)c2)ccc1N1c2ccccc2C(c2ccccc2)(c2ccccc2)c2ccccc21. The molecule has 0 saturated carbocycles. The van der Waals surface area contributed by atoms with Gasteiger partial charge in [-0.25, -0.2) is 0 Å². The van der Waals surface area contributed by atoms with Gasteiger partial charge >= 0.3 is 0 Å². The van der Waals surface area contributed by atoms with Crippen molar-refractivity contribution in [3.63, 3.8) is 0 Å². The van der Waals surface area contributed by atoms with Crippen LogP contribution in [0.25, 0.3) is 11.1 Å². The molecular weight excluding hydrogens is 853 g/mol. The maximum Gasteiger partial charge on any atom is 0.143 e. The Labute approximate surface area is 411 Å². The molecule has 0 aromatic heterocycles. The first kappa shape index (κ1) is 42.7. The van der Waals surface area contributed by atoms with Gasteiger partial charge in [-0.3, -0.25) is 0 Å². The van der Waals surface area contributed by atoms with Gasteiger partial charge < -0.3 is 19.3 Å². The van der Waals surface area contributed by atoms with Crippen LogP contribution in [0.1, 0.15) is 58.4 Å². The number of ether oxygens (including phenoxy) is 2. The highest BCUT2D eigenvalue weighted by atomic mass is 16.5. The third kappa shape index (κ3) is 6.58. The van der Waals surface area contributed by atoms with Gasteiger partial charge in [0.05, 0.1) is 58.2 Å². The summed E-state index contributed by atoms with van der Waals surface area (Å²) in [6.45, 7) is 5.14. The number of anilines is 6. The zero-order valence-electron chi connectivity index (χ0n) is 39.4. The third-order valence-electron chi connectivity index (χ3n) is 14.4. The molecule has 0 radical (unpaired) electrons. The summed E-state index contributed by atoms with van der Waals surface area (Å²) in [6, 6.07) is 92.5. The van der Waals surface area contributed by atoms with Crippen LogP contribution in [0.2, 0.25) is 0 Å². The molecule has 0 bridgehead atoms. The lowest BCUT2D eigenvalue weighted by molar-refractivity contribution is 0.341. The van der Waals surface area contributed by atoms with Crippen molar-refractivity contribution in [2.75, 3.05) is 23.0 Å². The molecule has 4 heteroatoms. The molecule has 70 heavy (non-hydrogen) atoms. The molecule has 2 heterocycles. The van der Waals surface area contributed by atoms with Crippen LogP contribution in [-0.4, -0.2) is 13.2 Å². The molecule has 0 spiro atoms. The predicted molar refractivity (Wildman–Crippen MR) is 287 cm³/mol. The third-order valence-corrected chi connectivity index (χ3v) is 14.4. The van der Waals surface area contributed by atoms with Crippen LogP contribution in [-0.2, 0) is 10.8 Å². The van der Waals surface area contributed by atoms with E-state index in [1.807, 2.05) is 0 Å². The number of para-hydroxylation sites is 4. The van der Waals surface area contributed by atoms with Gasteiger partial charge in [0.25, 0.3) is 0 Å². The van der Waals surface area contributed by atoms with Crippen molar-refractivity contribution in [1.82, 2.24) is 0 Å². The van der Waals surface area contributed by atoms with Crippen LogP contribution in [0.15, 0.2) is 255 Å². The van der Waals surface area contributed by atoms with E-state index in [9.17, 15) is 0 Å². The van der Waals surface area contributed by atoms with Crippen molar-refractivity contribution in [2.24, 2.45) is 0 Å². The van der Waals surface area contributed by atoms with Crippen molar-refractivity contribution in [1.29, 1.82) is 0 Å². The quantitative estimate of drug-likeness (QED) is 0.129. The second-order valence-corrected chi connectivity index (χ2v) is 17.9. The Morgan fingerprint density at radius 3 is 0.814 bits per heavy atom. The van der Waals surface area contributed by atoms with E-state index in [0.717, 1.165) is 56.8 Å². The van der Waals surface area contributed by atoms with Gasteiger partial charge in [0.2, 0.25) is 0 Å². The van der Waals surface area contributed by atoms with Crippen LogP contribution in [0.3, 0.4) is 0 Å². The maximum atomic E-state index is 6.69. The summed E-state index contributed by atoms with van der Waals surface area (Å²) < 4.78 is 13.4. The molecule has 0 N–H and O–H groups in total. The Morgan fingerprint density at radius 2 is 0.543 bits per heavy atom. The van der Waals surface area contributed by atoms with Crippen molar-refractivity contribution in [2.45, 2.75) is 24.7 Å². The smallest absolute Gasteiger partial charge is 0.143 e. The molecule has 0 saturated heterocycles. The summed E-state index contributed by atoms with van der Waals surface area (Å²) in [5.74, 6) is 1.60. The number of nitrogens with zero attached hydrogens (tertiary/aromatic N) is 2. The van der Waals surface area contributed by atoms with Crippen LogP contribution in [0, 0.1) is 0 Å². The fourth-order valence-electron chi connectivity index (χ4n) is 11.6. The summed E-state index contributed by atoms with van der Waals surface area (Å²) >= 11 is 0. The first-order chi connectivity index (χ1) is 34.7. The minimum Gasteiger partial charge on any atom is -0.492 e. The minimum absolute atomic E-state index is 0.510. The molecule has 12 rings (SSSR count). The van der Waals surface area contributed by atoms with Crippen molar-refractivity contribution < 1.29 is 9.47 Å². The van der Waals surface area contributed by atoms with Crippen molar-refractivity contribution in [3.05, 3.63) is 299 Å². The van der Waals surface area contributed by atoms with Crippen LogP contribution in [0.5, 0.6) is 11.5 Å². The highest BCUT2D eigenvalue weighted by Crippen LogP contribution is 2.61. The first-order valence-corrected chi connectivity index (χ1v) is 24.4. The molecule has 2 aliphatic heterocycles. The average Bonchev–Trinajstić information content (AvgIpc) is 3.43. The monoisotopic (exact) mass is 904 g/mol. The minimum atomic E-state index is -0.560. The van der Waals surface area contributed by atoms with Gasteiger partial charge in [0.1, 0.15) is 11.5 Å². The normalized spacial score (nSPS) is 13.9. The number of hydrogen-bond acceptors (Lipinski definition) is 4. The fourth-order valence-corrected chi connectivity index (χ4v) is 11.6. The molecule has 338 valence electrons. The molecule has 0 atom stereocenters. The van der Waals surface area contributed by atoms with Gasteiger partial charge in [-0.1, -0.05) is 206 Å². The summed E-state index contributed by atoms with van der Waals surface area (Å²) in [5, 5.41) is 0. The second-order valence-electron chi connectivity index (χ2n) is 17.9. The van der Waals surface area contributed by atoms with Gasteiger partial charge in [0, 0.05) is 0 Å². The highest BCUT2D eigenvalue weighted by molar-refractivity contribution is 5.94. The lowest BCUT2D eigenvalue weighted by atomic mass is 9.62. The largest absolute Gasteiger partial charge is 0.492 e. The average molecular weight is 905 g/mol. The lowest BCUT2D eigenvalue weighted by Gasteiger charge is -2.46. The van der Waals surface area contributed by atoms with Gasteiger partial charge in [-0.2, -0.15) is 0 Å². The van der Waals surface area contributed by atoms with E-state index in [0.29, 0.717) is 13.2 Å². The second kappa shape index (κ2) is 17.8. The van der Waals surface area contributed by atoms with Crippen LogP contribution < -0.4 is 19.3 Å². The van der Waals surface area contributed by atoms with E-state index in [2.05, 4.69) is 278 Å². The van der Waals surface area contributed by atoms with Crippen molar-refractivity contribution >= 4 is 34.1 Å². The molecular formula is C66H52N2O2. The van der Waals surface area contributed by atoms with E-state index in [-0.39, 0.29) is 0 Å². The number of hydrogen-bond donors (Lipinski definition) is 0. The molecule has 0 amide bonds. The zero-order chi connectivity index (χ0) is 47.1. The van der Waals surface area contributed by atoms with E-state index in [1.165, 1.54) is 44.5 Å². The number of rotatable bonds is 11. The predicted octanol–water partition coefficient (Wildman–Crippen LogP) is 16.5. The molecule has 4 nitrogen and oxygen atoms in total. The Hall–Kier alpha value is -8.60. The van der Waals surface area contributed by atoms with Gasteiger partial charge in [0.15, 0.2) is 0 Å². The highest BCUT2D eigenvalue weighted by Gasteiger charge is 2.48. The lowest BCUT2D eigenvalue weighted by Crippen LogP contribution is -2.37. The summed E-state index contributed by atoms with van der Waals surface area (Å²) in [5.41, 5.74) is 17.0. The summed E-state index contributed by atoms with van der Waals surface area (Å²) in [4.78, 5) is 4.79. The van der Waals surface area contributed by atoms with Gasteiger partial charge in [-0.15, -0.1) is 0 Å². The Morgan fingerprint density at radius 1 is 0.286 bits per heavy atom. The first-order valence-electron chi connectivity index (χ1n) is 24.4. The standard InChI is InChI=1S/C66H52N2O2/c1-3-69-63-45-47(41-43-61(63)67-57-37-21-17-33-53(57)65(49-25-9-5-10-26-49,50-27-11-6-12-28-50)54-34-18-22-38-58(54)67)48-42-44-62(64(46-48)70-4-2)68-59-39-23-19-35-55(59)66(51-29-13-7-14-30-51,52-31-15-8-16-32-52)56-36-20-24-40-60(56)68/h5-46H,3-4H2,1-2H3. The molecule has 0 aliphatic carbocycles. The maximum absolute atomic E-state index is 6.69. The fraction of sp³-hybridized carbons (Fsp3) is 0.0909. The number of benzene rings is 10.